The van der Waals surface area contributed by atoms with Crippen LogP contribution in [0.5, 0.6) is 0 Å². The molecule has 3 rings (SSSR count). The topological polar surface area (TPSA) is 74.8 Å². The first-order valence-corrected chi connectivity index (χ1v) is 7.19. The van der Waals surface area contributed by atoms with Gasteiger partial charge in [0.2, 0.25) is 17.7 Å². The Kier molecular flexibility index (Phi) is 3.31. The molecule has 0 spiro atoms. The van der Waals surface area contributed by atoms with Crippen molar-refractivity contribution in [1.82, 2.24) is 4.90 Å². The van der Waals surface area contributed by atoms with Crippen LogP contribution in [0.1, 0.15) is 30.4 Å². The van der Waals surface area contributed by atoms with Crippen molar-refractivity contribution in [3.63, 3.8) is 0 Å². The van der Waals surface area contributed by atoms with E-state index in [-0.39, 0.29) is 37.0 Å². The standard InChI is InChI=1S/C16H16N2O4/c1-9-3-4-10(2)11(7-9)18-15(21)8-12(16(18)22)17-13(19)5-6-14(17)20/h3-4,7,12H,5-6,8H2,1-2H3. The third kappa shape index (κ3) is 2.11. The molecule has 0 N–H and O–H groups in total. The molecular formula is C16H16N2O4. The van der Waals surface area contributed by atoms with Crippen molar-refractivity contribution in [2.75, 3.05) is 4.90 Å². The van der Waals surface area contributed by atoms with E-state index in [9.17, 15) is 19.2 Å². The zero-order valence-corrected chi connectivity index (χ0v) is 12.5. The van der Waals surface area contributed by atoms with Gasteiger partial charge in [-0.2, -0.15) is 0 Å². The first-order chi connectivity index (χ1) is 10.4. The number of likely N-dealkylation sites (tertiary alicyclic amines) is 1. The molecule has 1 aromatic rings. The molecule has 0 aliphatic carbocycles. The smallest absolute Gasteiger partial charge is 0.257 e. The summed E-state index contributed by atoms with van der Waals surface area (Å²) in [5.74, 6) is -1.63. The average molecular weight is 300 g/mol. The SMILES string of the molecule is Cc1ccc(C)c(N2C(=O)CC(N3C(=O)CCC3=O)C2=O)c1. The maximum atomic E-state index is 12.6. The summed E-state index contributed by atoms with van der Waals surface area (Å²) in [6, 6.07) is 4.51. The van der Waals surface area contributed by atoms with Crippen LogP contribution in [0.4, 0.5) is 5.69 Å². The molecule has 2 fully saturated rings. The molecule has 0 saturated carbocycles. The van der Waals surface area contributed by atoms with Crippen LogP contribution in [0.25, 0.3) is 0 Å². The second kappa shape index (κ2) is 5.05. The lowest BCUT2D eigenvalue weighted by Crippen LogP contribution is -2.45. The van der Waals surface area contributed by atoms with Gasteiger partial charge in [-0.05, 0) is 31.0 Å². The van der Waals surface area contributed by atoms with Crippen LogP contribution in [0.3, 0.4) is 0 Å². The quantitative estimate of drug-likeness (QED) is 0.766. The molecule has 114 valence electrons. The number of hydrogen-bond donors (Lipinski definition) is 0. The average Bonchev–Trinajstić information content (AvgIpc) is 2.93. The minimum absolute atomic E-state index is 0.111. The Morgan fingerprint density at radius 3 is 2.23 bits per heavy atom. The molecule has 6 nitrogen and oxygen atoms in total. The molecule has 22 heavy (non-hydrogen) atoms. The minimum Gasteiger partial charge on any atom is -0.274 e. The van der Waals surface area contributed by atoms with Crippen molar-refractivity contribution in [1.29, 1.82) is 0 Å². The Labute approximate surface area is 127 Å². The van der Waals surface area contributed by atoms with Crippen molar-refractivity contribution in [3.8, 4) is 0 Å². The van der Waals surface area contributed by atoms with E-state index in [0.717, 1.165) is 20.9 Å². The van der Waals surface area contributed by atoms with E-state index in [0.29, 0.717) is 5.69 Å². The van der Waals surface area contributed by atoms with Crippen LogP contribution in [0.2, 0.25) is 0 Å². The van der Waals surface area contributed by atoms with Crippen molar-refractivity contribution >= 4 is 29.3 Å². The fourth-order valence-corrected chi connectivity index (χ4v) is 2.97. The van der Waals surface area contributed by atoms with E-state index in [1.807, 2.05) is 26.0 Å². The number of aryl methyl sites for hydroxylation is 2. The molecule has 0 bridgehead atoms. The highest BCUT2D eigenvalue weighted by atomic mass is 16.2. The first kappa shape index (κ1) is 14.4. The number of imide groups is 2. The fraction of sp³-hybridized carbons (Fsp3) is 0.375. The number of hydrogen-bond acceptors (Lipinski definition) is 4. The number of rotatable bonds is 2. The van der Waals surface area contributed by atoms with Gasteiger partial charge >= 0.3 is 0 Å². The van der Waals surface area contributed by atoms with Gasteiger partial charge in [0.15, 0.2) is 0 Å². The van der Waals surface area contributed by atoms with E-state index in [1.165, 1.54) is 0 Å². The molecule has 2 aliphatic rings. The molecule has 2 saturated heterocycles. The number of amides is 4. The fourth-order valence-electron chi connectivity index (χ4n) is 2.97. The van der Waals surface area contributed by atoms with Gasteiger partial charge in [-0.1, -0.05) is 12.1 Å². The summed E-state index contributed by atoms with van der Waals surface area (Å²) < 4.78 is 0. The Bertz CT molecular complexity index is 694. The van der Waals surface area contributed by atoms with E-state index < -0.39 is 11.9 Å². The highest BCUT2D eigenvalue weighted by molar-refractivity contribution is 6.24. The third-order valence-electron chi connectivity index (χ3n) is 4.13. The summed E-state index contributed by atoms with van der Waals surface area (Å²) in [5.41, 5.74) is 2.25. The van der Waals surface area contributed by atoms with Gasteiger partial charge in [-0.3, -0.25) is 24.1 Å². The lowest BCUT2D eigenvalue weighted by molar-refractivity contribution is -0.144. The first-order valence-electron chi connectivity index (χ1n) is 7.19. The lowest BCUT2D eigenvalue weighted by atomic mass is 10.1. The molecular weight excluding hydrogens is 284 g/mol. The lowest BCUT2D eigenvalue weighted by Gasteiger charge is -2.21. The Morgan fingerprint density at radius 2 is 1.59 bits per heavy atom. The van der Waals surface area contributed by atoms with Gasteiger partial charge in [-0.25, -0.2) is 4.90 Å². The molecule has 1 aromatic carbocycles. The van der Waals surface area contributed by atoms with E-state index in [4.69, 9.17) is 0 Å². The number of nitrogens with zero attached hydrogens (tertiary/aromatic N) is 2. The highest BCUT2D eigenvalue weighted by Gasteiger charge is 2.48. The highest BCUT2D eigenvalue weighted by Crippen LogP contribution is 2.31. The van der Waals surface area contributed by atoms with Crippen molar-refractivity contribution in [2.45, 2.75) is 39.2 Å². The van der Waals surface area contributed by atoms with Crippen LogP contribution in [-0.2, 0) is 19.2 Å². The largest absolute Gasteiger partial charge is 0.274 e. The predicted octanol–water partition coefficient (Wildman–Crippen LogP) is 1.08. The Morgan fingerprint density at radius 1 is 0.955 bits per heavy atom. The van der Waals surface area contributed by atoms with Gasteiger partial charge in [0.05, 0.1) is 12.1 Å². The van der Waals surface area contributed by atoms with E-state index >= 15 is 0 Å². The Hall–Kier alpha value is -2.50. The molecule has 0 aromatic heterocycles. The van der Waals surface area contributed by atoms with Gasteiger partial charge in [0.25, 0.3) is 5.91 Å². The van der Waals surface area contributed by atoms with Crippen molar-refractivity contribution in [2.24, 2.45) is 0 Å². The normalized spacial score (nSPS) is 22.2. The predicted molar refractivity (Wildman–Crippen MR) is 77.9 cm³/mol. The van der Waals surface area contributed by atoms with Crippen molar-refractivity contribution in [3.05, 3.63) is 29.3 Å². The molecule has 2 heterocycles. The summed E-state index contributed by atoms with van der Waals surface area (Å²) in [6.45, 7) is 3.69. The van der Waals surface area contributed by atoms with Crippen LogP contribution in [0, 0.1) is 13.8 Å². The van der Waals surface area contributed by atoms with Crippen molar-refractivity contribution < 1.29 is 19.2 Å². The number of carbonyl (C=O) groups excluding carboxylic acids is 4. The molecule has 1 unspecified atom stereocenters. The van der Waals surface area contributed by atoms with Gasteiger partial charge < -0.3 is 0 Å². The number of anilines is 1. The molecule has 4 amide bonds. The van der Waals surface area contributed by atoms with Crippen LogP contribution in [0.15, 0.2) is 18.2 Å². The minimum atomic E-state index is -0.991. The maximum Gasteiger partial charge on any atom is 0.257 e. The molecule has 0 radical (unpaired) electrons. The zero-order chi connectivity index (χ0) is 16.0. The third-order valence-corrected chi connectivity index (χ3v) is 4.13. The summed E-state index contributed by atoms with van der Waals surface area (Å²) in [6.07, 6.45) is 0.0875. The summed E-state index contributed by atoms with van der Waals surface area (Å²) >= 11 is 0. The van der Waals surface area contributed by atoms with Crippen LogP contribution < -0.4 is 4.90 Å². The number of benzene rings is 1. The Balaban J connectivity index is 1.97. The van der Waals surface area contributed by atoms with E-state index in [1.54, 1.807) is 6.07 Å². The molecule has 2 aliphatic heterocycles. The second-order valence-electron chi connectivity index (χ2n) is 5.73. The second-order valence-corrected chi connectivity index (χ2v) is 5.73. The summed E-state index contributed by atoms with van der Waals surface area (Å²) in [5, 5.41) is 0. The van der Waals surface area contributed by atoms with E-state index in [2.05, 4.69) is 0 Å². The number of carbonyl (C=O) groups is 4. The summed E-state index contributed by atoms with van der Waals surface area (Å²) in [7, 11) is 0. The maximum absolute atomic E-state index is 12.6. The van der Waals surface area contributed by atoms with Gasteiger partial charge in [-0.15, -0.1) is 0 Å². The summed E-state index contributed by atoms with van der Waals surface area (Å²) in [4.78, 5) is 50.6. The molecule has 1 atom stereocenters. The van der Waals surface area contributed by atoms with Gasteiger partial charge in [0.1, 0.15) is 6.04 Å². The zero-order valence-electron chi connectivity index (χ0n) is 12.5. The van der Waals surface area contributed by atoms with Gasteiger partial charge in [0, 0.05) is 12.8 Å². The van der Waals surface area contributed by atoms with Crippen LogP contribution >= 0.6 is 0 Å². The molecule has 6 heteroatoms. The monoisotopic (exact) mass is 300 g/mol. The van der Waals surface area contributed by atoms with Crippen LogP contribution in [-0.4, -0.2) is 34.6 Å².